The topological polar surface area (TPSA) is 12.0 Å². The normalized spacial score (nSPS) is 11.8. The summed E-state index contributed by atoms with van der Waals surface area (Å²) in [4.78, 5) is 0. The van der Waals surface area contributed by atoms with Crippen molar-refractivity contribution in [2.75, 3.05) is 6.54 Å². The number of halogens is 5. The first-order chi connectivity index (χ1) is 8.40. The zero-order valence-corrected chi connectivity index (χ0v) is 10.4. The molecule has 1 rings (SSSR count). The second-order valence-corrected chi connectivity index (χ2v) is 4.37. The van der Waals surface area contributed by atoms with Crippen LogP contribution in [-0.2, 0) is 6.54 Å². The monoisotopic (exact) mass is 283 g/mol. The van der Waals surface area contributed by atoms with Crippen molar-refractivity contribution in [3.8, 4) is 0 Å². The summed E-state index contributed by atoms with van der Waals surface area (Å²) >= 11 is 5.60. The Kier molecular flexibility index (Phi) is 5.88. The molecule has 0 fully saturated rings. The Morgan fingerprint density at radius 2 is 1.89 bits per heavy atom. The predicted molar refractivity (Wildman–Crippen MR) is 63.0 cm³/mol. The molecule has 0 radical (unpaired) electrons. The molecule has 1 nitrogen and oxygen atoms in total. The highest BCUT2D eigenvalue weighted by molar-refractivity contribution is 6.30. The summed E-state index contributed by atoms with van der Waals surface area (Å²) in [5, 5.41) is 2.94. The fourth-order valence-electron chi connectivity index (χ4n) is 1.48. The van der Waals surface area contributed by atoms with E-state index in [1.54, 1.807) is 12.1 Å². The van der Waals surface area contributed by atoms with Gasteiger partial charge in [0, 0.05) is 18.5 Å². The summed E-state index contributed by atoms with van der Waals surface area (Å²) in [6.07, 6.45) is -4.39. The van der Waals surface area contributed by atoms with Gasteiger partial charge in [0.15, 0.2) is 0 Å². The van der Waals surface area contributed by atoms with Crippen LogP contribution in [-0.4, -0.2) is 12.7 Å². The average Bonchev–Trinajstić information content (AvgIpc) is 2.27. The minimum absolute atomic E-state index is 0.0476. The summed E-state index contributed by atoms with van der Waals surface area (Å²) < 4.78 is 48.9. The number of unbranched alkanes of at least 4 members (excludes halogenated alkanes) is 1. The Labute approximate surface area is 108 Å². The number of hydrogen-bond donors (Lipinski definition) is 1. The van der Waals surface area contributed by atoms with E-state index in [9.17, 15) is 17.6 Å². The van der Waals surface area contributed by atoms with Gasteiger partial charge in [-0.2, -0.15) is 13.2 Å². The third-order valence-corrected chi connectivity index (χ3v) is 2.70. The van der Waals surface area contributed by atoms with Crippen LogP contribution in [0.25, 0.3) is 0 Å². The summed E-state index contributed by atoms with van der Waals surface area (Å²) in [7, 11) is 0. The molecular weight excluding hydrogens is 270 g/mol. The average molecular weight is 284 g/mol. The van der Waals surface area contributed by atoms with E-state index in [4.69, 9.17) is 11.6 Å². The number of nitrogens with one attached hydrogen (secondary N) is 1. The van der Waals surface area contributed by atoms with E-state index < -0.39 is 18.4 Å². The van der Waals surface area contributed by atoms with Crippen molar-refractivity contribution in [3.63, 3.8) is 0 Å². The fraction of sp³-hybridized carbons (Fsp3) is 0.500. The molecule has 6 heteroatoms. The first-order valence-electron chi connectivity index (χ1n) is 5.60. The number of hydrogen-bond acceptors (Lipinski definition) is 1. The van der Waals surface area contributed by atoms with Crippen molar-refractivity contribution >= 4 is 11.6 Å². The Hall–Kier alpha value is -0.810. The highest BCUT2D eigenvalue weighted by atomic mass is 35.5. The SMILES string of the molecule is Fc1c(Cl)cccc1CNCCCCC(F)(F)F. The Morgan fingerprint density at radius 3 is 2.56 bits per heavy atom. The predicted octanol–water partition coefficient (Wildman–Crippen LogP) is 4.30. The van der Waals surface area contributed by atoms with Crippen LogP contribution in [0.15, 0.2) is 18.2 Å². The molecule has 0 heterocycles. The van der Waals surface area contributed by atoms with Crippen LogP contribution in [0.5, 0.6) is 0 Å². The minimum Gasteiger partial charge on any atom is -0.313 e. The van der Waals surface area contributed by atoms with Crippen molar-refractivity contribution in [1.82, 2.24) is 5.32 Å². The van der Waals surface area contributed by atoms with Gasteiger partial charge in [-0.3, -0.25) is 0 Å². The lowest BCUT2D eigenvalue weighted by atomic mass is 10.2. The largest absolute Gasteiger partial charge is 0.389 e. The van der Waals surface area contributed by atoms with E-state index in [-0.39, 0.29) is 18.0 Å². The zero-order valence-electron chi connectivity index (χ0n) is 9.66. The lowest BCUT2D eigenvalue weighted by Crippen LogP contribution is -2.16. The lowest BCUT2D eigenvalue weighted by molar-refractivity contribution is -0.135. The van der Waals surface area contributed by atoms with E-state index in [0.29, 0.717) is 18.5 Å². The van der Waals surface area contributed by atoms with Crippen LogP contribution in [0.4, 0.5) is 17.6 Å². The third kappa shape index (κ3) is 5.69. The van der Waals surface area contributed by atoms with Gasteiger partial charge in [0.2, 0.25) is 0 Å². The van der Waals surface area contributed by atoms with E-state index in [1.807, 2.05) is 0 Å². The van der Waals surface area contributed by atoms with Crippen molar-refractivity contribution in [1.29, 1.82) is 0 Å². The van der Waals surface area contributed by atoms with Crippen LogP contribution in [0.1, 0.15) is 24.8 Å². The zero-order chi connectivity index (χ0) is 13.6. The number of rotatable bonds is 6. The summed E-state index contributed by atoms with van der Waals surface area (Å²) in [6, 6.07) is 4.67. The molecule has 0 aromatic heterocycles. The van der Waals surface area contributed by atoms with Gasteiger partial charge in [0.1, 0.15) is 5.82 Å². The van der Waals surface area contributed by atoms with Crippen LogP contribution in [0.3, 0.4) is 0 Å². The van der Waals surface area contributed by atoms with Gasteiger partial charge in [0.05, 0.1) is 5.02 Å². The second kappa shape index (κ2) is 6.95. The summed E-state index contributed by atoms with van der Waals surface area (Å²) in [5.74, 6) is -0.484. The van der Waals surface area contributed by atoms with E-state index in [2.05, 4.69) is 5.32 Å². The first-order valence-corrected chi connectivity index (χ1v) is 5.98. The molecule has 0 aliphatic rings. The molecule has 18 heavy (non-hydrogen) atoms. The Morgan fingerprint density at radius 1 is 1.17 bits per heavy atom. The molecule has 0 spiro atoms. The van der Waals surface area contributed by atoms with Crippen LogP contribution < -0.4 is 5.32 Å². The number of alkyl halides is 3. The molecule has 0 aliphatic carbocycles. The molecule has 0 unspecified atom stereocenters. The van der Waals surface area contributed by atoms with Crippen LogP contribution in [0, 0.1) is 5.82 Å². The molecule has 0 amide bonds. The highest BCUT2D eigenvalue weighted by Gasteiger charge is 2.25. The van der Waals surface area contributed by atoms with Crippen molar-refractivity contribution < 1.29 is 17.6 Å². The van der Waals surface area contributed by atoms with Crippen molar-refractivity contribution in [2.24, 2.45) is 0 Å². The first kappa shape index (κ1) is 15.2. The highest BCUT2D eigenvalue weighted by Crippen LogP contribution is 2.22. The van der Waals surface area contributed by atoms with E-state index in [0.717, 1.165) is 0 Å². The van der Waals surface area contributed by atoms with Gasteiger partial charge >= 0.3 is 6.18 Å². The molecule has 1 N–H and O–H groups in total. The molecule has 1 aromatic carbocycles. The number of benzene rings is 1. The minimum atomic E-state index is -4.10. The summed E-state index contributed by atoms with van der Waals surface area (Å²) in [5.41, 5.74) is 0.415. The maximum Gasteiger partial charge on any atom is 0.389 e. The standard InChI is InChI=1S/C12H14ClF4N/c13-10-5-3-4-9(11(10)14)8-18-7-2-1-6-12(15,16)17/h3-5,18H,1-2,6-8H2. The summed E-state index contributed by atoms with van der Waals surface area (Å²) in [6.45, 7) is 0.681. The molecule has 1 aromatic rings. The van der Waals surface area contributed by atoms with Crippen molar-refractivity contribution in [3.05, 3.63) is 34.6 Å². The van der Waals surface area contributed by atoms with Crippen molar-refractivity contribution in [2.45, 2.75) is 32.0 Å². The van der Waals surface area contributed by atoms with Gasteiger partial charge in [-0.05, 0) is 25.5 Å². The van der Waals surface area contributed by atoms with Crippen LogP contribution >= 0.6 is 11.6 Å². The van der Waals surface area contributed by atoms with Gasteiger partial charge < -0.3 is 5.32 Å². The molecule has 0 atom stereocenters. The molecule has 0 bridgehead atoms. The lowest BCUT2D eigenvalue weighted by Gasteiger charge is -2.08. The molecule has 0 saturated heterocycles. The van der Waals surface area contributed by atoms with Gasteiger partial charge in [-0.25, -0.2) is 4.39 Å². The third-order valence-electron chi connectivity index (χ3n) is 2.41. The smallest absolute Gasteiger partial charge is 0.313 e. The Balaban J connectivity index is 2.20. The fourth-order valence-corrected chi connectivity index (χ4v) is 1.68. The molecule has 0 aliphatic heterocycles. The maximum atomic E-state index is 13.4. The molecular formula is C12H14ClF4N. The Bertz CT molecular complexity index is 379. The van der Waals surface area contributed by atoms with Crippen LogP contribution in [0.2, 0.25) is 5.02 Å². The van der Waals surface area contributed by atoms with E-state index >= 15 is 0 Å². The molecule has 0 saturated carbocycles. The van der Waals surface area contributed by atoms with Gasteiger partial charge in [-0.1, -0.05) is 23.7 Å². The van der Waals surface area contributed by atoms with Gasteiger partial charge in [0.25, 0.3) is 0 Å². The van der Waals surface area contributed by atoms with Gasteiger partial charge in [-0.15, -0.1) is 0 Å². The van der Waals surface area contributed by atoms with E-state index in [1.165, 1.54) is 6.07 Å². The quantitative estimate of drug-likeness (QED) is 0.606. The molecule has 102 valence electrons. The second-order valence-electron chi connectivity index (χ2n) is 3.96. The maximum absolute atomic E-state index is 13.4.